The summed E-state index contributed by atoms with van der Waals surface area (Å²) in [5.74, 6) is -1.73. The highest BCUT2D eigenvalue weighted by molar-refractivity contribution is 6.30. The summed E-state index contributed by atoms with van der Waals surface area (Å²) in [7, 11) is 0. The Morgan fingerprint density at radius 3 is 2.83 bits per heavy atom. The molecular weight excluding hydrogens is 330 g/mol. The molecule has 0 fully saturated rings. The first-order chi connectivity index (χ1) is 11.5. The second-order valence-corrected chi connectivity index (χ2v) is 5.89. The highest BCUT2D eigenvalue weighted by Crippen LogP contribution is 2.44. The summed E-state index contributed by atoms with van der Waals surface area (Å²) in [6, 6.07) is 11.8. The summed E-state index contributed by atoms with van der Waals surface area (Å²) in [6.07, 6.45) is 0. The molecule has 2 aromatic rings. The van der Waals surface area contributed by atoms with E-state index in [4.69, 9.17) is 26.5 Å². The van der Waals surface area contributed by atoms with Crippen LogP contribution in [0.4, 0.5) is 0 Å². The van der Waals surface area contributed by atoms with Crippen molar-refractivity contribution in [2.45, 2.75) is 12.8 Å². The summed E-state index contributed by atoms with van der Waals surface area (Å²) in [5, 5.41) is 18.4. The van der Waals surface area contributed by atoms with E-state index in [2.05, 4.69) is 0 Å². The molecule has 2 aromatic carbocycles. The maximum Gasteiger partial charge on any atom is 0.319 e. The number of carbonyl (C=O) groups excluding carboxylic acids is 1. The molecule has 1 aliphatic heterocycles. The van der Waals surface area contributed by atoms with Crippen LogP contribution in [0.15, 0.2) is 42.5 Å². The molecule has 0 amide bonds. The van der Waals surface area contributed by atoms with Crippen molar-refractivity contribution in [1.82, 2.24) is 0 Å². The van der Waals surface area contributed by atoms with Crippen LogP contribution in [0.3, 0.4) is 0 Å². The van der Waals surface area contributed by atoms with E-state index in [1.807, 2.05) is 6.07 Å². The Kier molecular flexibility index (Phi) is 4.44. The van der Waals surface area contributed by atoms with Crippen molar-refractivity contribution in [2.24, 2.45) is 5.92 Å². The number of esters is 1. The van der Waals surface area contributed by atoms with Gasteiger partial charge < -0.3 is 14.6 Å². The number of hydrogen-bond acceptors (Lipinski definition) is 5. The summed E-state index contributed by atoms with van der Waals surface area (Å²) >= 11 is 6.10. The SMILES string of the molecule is CCOC(=O)C1C(=N)Oc2cc(O)ccc2C1c1cccc(Cl)c1. The molecule has 0 aliphatic carbocycles. The van der Waals surface area contributed by atoms with Crippen LogP contribution >= 0.6 is 11.6 Å². The molecule has 2 atom stereocenters. The van der Waals surface area contributed by atoms with Gasteiger partial charge in [-0.1, -0.05) is 29.8 Å². The minimum absolute atomic E-state index is 0.0287. The number of nitrogens with one attached hydrogen (secondary N) is 1. The summed E-state index contributed by atoms with van der Waals surface area (Å²) < 4.78 is 10.6. The molecule has 124 valence electrons. The minimum atomic E-state index is -0.902. The van der Waals surface area contributed by atoms with Crippen molar-refractivity contribution < 1.29 is 19.4 Å². The topological polar surface area (TPSA) is 79.6 Å². The van der Waals surface area contributed by atoms with Crippen molar-refractivity contribution >= 4 is 23.5 Å². The average Bonchev–Trinajstić information content (AvgIpc) is 2.53. The highest BCUT2D eigenvalue weighted by atomic mass is 35.5. The standard InChI is InChI=1S/C18H16ClNO4/c1-2-23-18(22)16-15(10-4-3-5-11(19)8-10)13-7-6-12(21)9-14(13)24-17(16)20/h3-9,15-16,20-21H,2H2,1H3. The largest absolute Gasteiger partial charge is 0.508 e. The lowest BCUT2D eigenvalue weighted by atomic mass is 9.78. The van der Waals surface area contributed by atoms with E-state index in [9.17, 15) is 9.90 Å². The third-order valence-electron chi connectivity index (χ3n) is 3.92. The third-order valence-corrected chi connectivity index (χ3v) is 4.15. The minimum Gasteiger partial charge on any atom is -0.508 e. The van der Waals surface area contributed by atoms with Gasteiger partial charge in [0.05, 0.1) is 6.61 Å². The predicted molar refractivity (Wildman–Crippen MR) is 89.9 cm³/mol. The normalized spacial score (nSPS) is 19.3. The molecule has 24 heavy (non-hydrogen) atoms. The number of phenols is 1. The lowest BCUT2D eigenvalue weighted by Crippen LogP contribution is -2.38. The summed E-state index contributed by atoms with van der Waals surface area (Å²) in [5.41, 5.74) is 1.48. The highest BCUT2D eigenvalue weighted by Gasteiger charge is 2.42. The number of hydrogen-bond donors (Lipinski definition) is 2. The molecule has 1 heterocycles. The van der Waals surface area contributed by atoms with Gasteiger partial charge in [-0.05, 0) is 30.7 Å². The van der Waals surface area contributed by atoms with Crippen LogP contribution in [0, 0.1) is 11.3 Å². The van der Waals surface area contributed by atoms with Crippen molar-refractivity contribution in [3.63, 3.8) is 0 Å². The van der Waals surface area contributed by atoms with Crippen LogP contribution < -0.4 is 4.74 Å². The van der Waals surface area contributed by atoms with Crippen LogP contribution in [-0.2, 0) is 9.53 Å². The first-order valence-corrected chi connectivity index (χ1v) is 7.90. The number of rotatable bonds is 3. The fraction of sp³-hybridized carbons (Fsp3) is 0.222. The van der Waals surface area contributed by atoms with Crippen molar-refractivity contribution in [2.75, 3.05) is 6.61 Å². The number of ether oxygens (including phenoxy) is 2. The predicted octanol–water partition coefficient (Wildman–Crippen LogP) is 3.73. The van der Waals surface area contributed by atoms with Crippen LogP contribution in [0.25, 0.3) is 0 Å². The van der Waals surface area contributed by atoms with E-state index in [1.165, 1.54) is 12.1 Å². The Hall–Kier alpha value is -2.53. The van der Waals surface area contributed by atoms with E-state index >= 15 is 0 Å². The maximum absolute atomic E-state index is 12.4. The molecule has 2 unspecified atom stereocenters. The zero-order valence-electron chi connectivity index (χ0n) is 13.0. The number of carbonyl (C=O) groups is 1. The van der Waals surface area contributed by atoms with Gasteiger partial charge in [0.2, 0.25) is 5.90 Å². The van der Waals surface area contributed by atoms with Crippen molar-refractivity contribution in [1.29, 1.82) is 5.41 Å². The summed E-state index contributed by atoms with van der Waals surface area (Å²) in [6.45, 7) is 1.93. The van der Waals surface area contributed by atoms with Gasteiger partial charge in [0.1, 0.15) is 17.4 Å². The van der Waals surface area contributed by atoms with Gasteiger partial charge in [0, 0.05) is 22.6 Å². The van der Waals surface area contributed by atoms with Crippen LogP contribution in [-0.4, -0.2) is 23.6 Å². The average molecular weight is 346 g/mol. The first kappa shape index (κ1) is 16.3. The van der Waals surface area contributed by atoms with Crippen LogP contribution in [0.2, 0.25) is 5.02 Å². The molecule has 3 rings (SSSR count). The molecule has 0 radical (unpaired) electrons. The van der Waals surface area contributed by atoms with E-state index in [0.717, 1.165) is 5.56 Å². The third kappa shape index (κ3) is 2.95. The van der Waals surface area contributed by atoms with Crippen LogP contribution in [0.5, 0.6) is 11.5 Å². The summed E-state index contributed by atoms with van der Waals surface area (Å²) in [4.78, 5) is 12.4. The van der Waals surface area contributed by atoms with Gasteiger partial charge in [-0.25, -0.2) is 0 Å². The second-order valence-electron chi connectivity index (χ2n) is 5.45. The molecule has 2 N–H and O–H groups in total. The molecule has 5 nitrogen and oxygen atoms in total. The van der Waals surface area contributed by atoms with Crippen molar-refractivity contribution in [3.8, 4) is 11.5 Å². The fourth-order valence-corrected chi connectivity index (χ4v) is 3.13. The number of aromatic hydroxyl groups is 1. The molecule has 0 saturated heterocycles. The van der Waals surface area contributed by atoms with E-state index in [1.54, 1.807) is 31.2 Å². The first-order valence-electron chi connectivity index (χ1n) is 7.52. The van der Waals surface area contributed by atoms with Gasteiger partial charge in [-0.15, -0.1) is 0 Å². The monoisotopic (exact) mass is 345 g/mol. The van der Waals surface area contributed by atoms with Gasteiger partial charge >= 0.3 is 5.97 Å². The van der Waals surface area contributed by atoms with E-state index < -0.39 is 17.8 Å². The van der Waals surface area contributed by atoms with E-state index in [0.29, 0.717) is 16.3 Å². The Balaban J connectivity index is 2.17. The maximum atomic E-state index is 12.4. The molecular formula is C18H16ClNO4. The molecule has 1 aliphatic rings. The molecule has 0 bridgehead atoms. The Morgan fingerprint density at radius 2 is 2.12 bits per heavy atom. The number of fused-ring (bicyclic) bond motifs is 1. The fourth-order valence-electron chi connectivity index (χ4n) is 2.93. The zero-order chi connectivity index (χ0) is 17.3. The zero-order valence-corrected chi connectivity index (χ0v) is 13.7. The van der Waals surface area contributed by atoms with Gasteiger partial charge in [-0.3, -0.25) is 10.2 Å². The molecule has 0 spiro atoms. The molecule has 0 aromatic heterocycles. The number of halogens is 1. The Bertz CT molecular complexity index is 805. The van der Waals surface area contributed by atoms with Gasteiger partial charge in [0.25, 0.3) is 0 Å². The molecule has 0 saturated carbocycles. The van der Waals surface area contributed by atoms with E-state index in [-0.39, 0.29) is 18.3 Å². The number of phenolic OH excluding ortho intramolecular Hbond substituents is 1. The van der Waals surface area contributed by atoms with Crippen molar-refractivity contribution in [3.05, 3.63) is 58.6 Å². The van der Waals surface area contributed by atoms with Crippen LogP contribution in [0.1, 0.15) is 24.0 Å². The Morgan fingerprint density at radius 1 is 1.33 bits per heavy atom. The smallest absolute Gasteiger partial charge is 0.319 e. The second kappa shape index (κ2) is 6.53. The Labute approximate surface area is 144 Å². The lowest BCUT2D eigenvalue weighted by Gasteiger charge is -2.32. The quantitative estimate of drug-likeness (QED) is 0.831. The van der Waals surface area contributed by atoms with Gasteiger partial charge in [0.15, 0.2) is 0 Å². The molecule has 6 heteroatoms. The van der Waals surface area contributed by atoms with Gasteiger partial charge in [-0.2, -0.15) is 0 Å². The number of benzene rings is 2. The lowest BCUT2D eigenvalue weighted by molar-refractivity contribution is -0.146.